The molecule has 0 aliphatic heterocycles. The molecular formula is C11H18FNS. The highest BCUT2D eigenvalue weighted by Crippen LogP contribution is 2.31. The van der Waals surface area contributed by atoms with Crippen molar-refractivity contribution in [3.05, 3.63) is 23.8 Å². The first kappa shape index (κ1) is 11.5. The van der Waals surface area contributed by atoms with Crippen molar-refractivity contribution in [1.82, 2.24) is 4.98 Å². The maximum Gasteiger partial charge on any atom is 0.146 e. The van der Waals surface area contributed by atoms with Crippen LogP contribution in [0, 0.1) is 5.82 Å². The van der Waals surface area contributed by atoms with Gasteiger partial charge < -0.3 is 0 Å². The number of hydrogen-bond donors (Lipinski definition) is 1. The molecule has 0 amide bonds. The molecule has 1 aromatic heterocycles. The van der Waals surface area contributed by atoms with Gasteiger partial charge in [-0.15, -0.1) is 0 Å². The van der Waals surface area contributed by atoms with Crippen LogP contribution in [0.3, 0.4) is 0 Å². The molecule has 0 fully saturated rings. The van der Waals surface area contributed by atoms with Gasteiger partial charge in [0, 0.05) is 16.5 Å². The Morgan fingerprint density at radius 2 is 1.86 bits per heavy atom. The van der Waals surface area contributed by atoms with Gasteiger partial charge in [-0.1, -0.05) is 20.8 Å². The summed E-state index contributed by atoms with van der Waals surface area (Å²) in [6.07, 6.45) is 6.00. The fraction of sp³-hybridized carbons (Fsp3) is 0.545. The van der Waals surface area contributed by atoms with Crippen LogP contribution in [0.2, 0.25) is 0 Å². The highest BCUT2D eigenvalue weighted by molar-refractivity contribution is 8.15. The molecule has 3 heteroatoms. The standard InChI is InChI=1S/C11H18FNS/c1-11(2,3)10-9(12)6-8(7-13-10)14(4)5/h6-7,14H,1-5H3. The molecule has 1 rings (SSSR count). The van der Waals surface area contributed by atoms with Gasteiger partial charge in [0.1, 0.15) is 5.82 Å². The monoisotopic (exact) mass is 215 g/mol. The zero-order valence-corrected chi connectivity index (χ0v) is 10.3. The molecule has 14 heavy (non-hydrogen) atoms. The van der Waals surface area contributed by atoms with Gasteiger partial charge in [-0.3, -0.25) is 4.98 Å². The lowest BCUT2D eigenvalue weighted by atomic mass is 9.91. The van der Waals surface area contributed by atoms with E-state index in [0.717, 1.165) is 4.90 Å². The molecule has 1 aromatic rings. The van der Waals surface area contributed by atoms with Crippen LogP contribution in [-0.2, 0) is 5.41 Å². The third kappa shape index (κ3) is 2.47. The summed E-state index contributed by atoms with van der Waals surface area (Å²) in [5.41, 5.74) is 0.338. The Morgan fingerprint density at radius 1 is 1.29 bits per heavy atom. The number of rotatable bonds is 1. The zero-order chi connectivity index (χ0) is 10.9. The van der Waals surface area contributed by atoms with Crippen molar-refractivity contribution in [3.63, 3.8) is 0 Å². The van der Waals surface area contributed by atoms with E-state index in [-0.39, 0.29) is 22.1 Å². The van der Waals surface area contributed by atoms with E-state index >= 15 is 0 Å². The van der Waals surface area contributed by atoms with E-state index in [2.05, 4.69) is 17.5 Å². The molecule has 0 N–H and O–H groups in total. The average Bonchev–Trinajstić information content (AvgIpc) is 2.01. The normalized spacial score (nSPS) is 12.9. The molecule has 0 aliphatic carbocycles. The van der Waals surface area contributed by atoms with Gasteiger partial charge in [-0.25, -0.2) is 15.3 Å². The summed E-state index contributed by atoms with van der Waals surface area (Å²) in [6, 6.07) is 1.62. The summed E-state index contributed by atoms with van der Waals surface area (Å²) < 4.78 is 13.7. The van der Waals surface area contributed by atoms with E-state index in [9.17, 15) is 4.39 Å². The summed E-state index contributed by atoms with van der Waals surface area (Å²) in [5.74, 6) is -0.175. The molecule has 0 unspecified atom stereocenters. The van der Waals surface area contributed by atoms with Gasteiger partial charge >= 0.3 is 0 Å². The Morgan fingerprint density at radius 3 is 2.21 bits per heavy atom. The highest BCUT2D eigenvalue weighted by atomic mass is 32.2. The van der Waals surface area contributed by atoms with Crippen LogP contribution in [0.25, 0.3) is 0 Å². The second-order valence-electron chi connectivity index (χ2n) is 4.67. The zero-order valence-electron chi connectivity index (χ0n) is 9.43. The quantitative estimate of drug-likeness (QED) is 0.710. The van der Waals surface area contributed by atoms with Crippen LogP contribution in [0.1, 0.15) is 26.5 Å². The topological polar surface area (TPSA) is 12.9 Å². The lowest BCUT2D eigenvalue weighted by Gasteiger charge is -2.19. The van der Waals surface area contributed by atoms with Crippen LogP contribution >= 0.6 is 10.9 Å². The predicted octanol–water partition coefficient (Wildman–Crippen LogP) is 3.14. The van der Waals surface area contributed by atoms with Gasteiger partial charge in [-0.05, 0) is 18.6 Å². The van der Waals surface area contributed by atoms with E-state index < -0.39 is 0 Å². The lowest BCUT2D eigenvalue weighted by Crippen LogP contribution is -2.16. The Hall–Kier alpha value is -0.570. The molecule has 0 aliphatic rings. The van der Waals surface area contributed by atoms with E-state index in [1.807, 2.05) is 20.8 Å². The summed E-state index contributed by atoms with van der Waals surface area (Å²) in [7, 11) is -0.263. The van der Waals surface area contributed by atoms with Gasteiger partial charge in [0.2, 0.25) is 0 Å². The number of nitrogens with zero attached hydrogens (tertiary/aromatic N) is 1. The fourth-order valence-electron chi connectivity index (χ4n) is 1.22. The average molecular weight is 215 g/mol. The van der Waals surface area contributed by atoms with Crippen molar-refractivity contribution < 1.29 is 4.39 Å². The number of aromatic nitrogens is 1. The van der Waals surface area contributed by atoms with Crippen LogP contribution in [-0.4, -0.2) is 17.5 Å². The Bertz CT molecular complexity index is 329. The molecule has 1 heterocycles. The van der Waals surface area contributed by atoms with Crippen LogP contribution in [0.4, 0.5) is 4.39 Å². The minimum Gasteiger partial charge on any atom is -0.257 e. The minimum absolute atomic E-state index is 0.175. The van der Waals surface area contributed by atoms with E-state index in [1.165, 1.54) is 0 Å². The lowest BCUT2D eigenvalue weighted by molar-refractivity contribution is 0.500. The van der Waals surface area contributed by atoms with Gasteiger partial charge in [-0.2, -0.15) is 0 Å². The van der Waals surface area contributed by atoms with Crippen LogP contribution in [0.5, 0.6) is 0 Å². The minimum atomic E-state index is -0.263. The third-order valence-electron chi connectivity index (χ3n) is 2.05. The van der Waals surface area contributed by atoms with Crippen molar-refractivity contribution in [2.24, 2.45) is 0 Å². The first-order valence-electron chi connectivity index (χ1n) is 4.65. The molecular weight excluding hydrogens is 197 g/mol. The summed E-state index contributed by atoms with van der Waals surface area (Å²) in [5, 5.41) is 0. The Balaban J connectivity index is 3.15. The summed E-state index contributed by atoms with van der Waals surface area (Å²) >= 11 is 0. The maximum atomic E-state index is 13.7. The van der Waals surface area contributed by atoms with E-state index in [0.29, 0.717) is 5.69 Å². The molecule has 0 atom stereocenters. The van der Waals surface area contributed by atoms with Gasteiger partial charge in [0.25, 0.3) is 0 Å². The Kier molecular flexibility index (Phi) is 3.20. The van der Waals surface area contributed by atoms with Crippen LogP contribution < -0.4 is 0 Å². The SMILES string of the molecule is C[SH](C)c1cnc(C(C)(C)C)c(F)c1. The van der Waals surface area contributed by atoms with Crippen molar-refractivity contribution in [2.45, 2.75) is 31.1 Å². The first-order chi connectivity index (χ1) is 6.32. The number of pyridine rings is 1. The first-order valence-corrected chi connectivity index (χ1v) is 6.89. The van der Waals surface area contributed by atoms with Gasteiger partial charge in [0.15, 0.2) is 0 Å². The summed E-state index contributed by atoms with van der Waals surface area (Å²) in [4.78, 5) is 5.23. The van der Waals surface area contributed by atoms with Crippen molar-refractivity contribution >= 4 is 10.9 Å². The number of thiol groups is 1. The smallest absolute Gasteiger partial charge is 0.146 e. The third-order valence-corrected chi connectivity index (χ3v) is 3.33. The second-order valence-corrected chi connectivity index (χ2v) is 6.97. The molecule has 1 nitrogen and oxygen atoms in total. The van der Waals surface area contributed by atoms with E-state index in [4.69, 9.17) is 0 Å². The Labute approximate surface area is 88.1 Å². The number of hydrogen-bond acceptors (Lipinski definition) is 1. The predicted molar refractivity (Wildman–Crippen MR) is 62.0 cm³/mol. The molecule has 0 spiro atoms. The molecule has 0 saturated carbocycles. The highest BCUT2D eigenvalue weighted by Gasteiger charge is 2.20. The fourth-order valence-corrected chi connectivity index (χ4v) is 1.88. The number of halogens is 1. The maximum absolute atomic E-state index is 13.7. The molecule has 80 valence electrons. The van der Waals surface area contributed by atoms with Crippen molar-refractivity contribution in [3.8, 4) is 0 Å². The molecule has 0 saturated heterocycles. The summed E-state index contributed by atoms with van der Waals surface area (Å²) in [6.45, 7) is 5.91. The van der Waals surface area contributed by atoms with Crippen molar-refractivity contribution in [1.29, 1.82) is 0 Å². The van der Waals surface area contributed by atoms with Gasteiger partial charge in [0.05, 0.1) is 5.69 Å². The van der Waals surface area contributed by atoms with Crippen LogP contribution in [0.15, 0.2) is 17.2 Å². The largest absolute Gasteiger partial charge is 0.257 e. The molecule has 0 aromatic carbocycles. The van der Waals surface area contributed by atoms with E-state index in [1.54, 1.807) is 12.3 Å². The second kappa shape index (κ2) is 3.89. The molecule has 0 bridgehead atoms. The molecule has 0 radical (unpaired) electrons. The van der Waals surface area contributed by atoms with Crippen molar-refractivity contribution in [2.75, 3.05) is 12.5 Å².